The van der Waals surface area contributed by atoms with E-state index in [0.29, 0.717) is 12.5 Å². The summed E-state index contributed by atoms with van der Waals surface area (Å²) in [6.07, 6.45) is -0.0296. The molecule has 1 unspecified atom stereocenters. The Hall–Kier alpha value is -0.350. The number of rotatable bonds is 4. The number of ether oxygens (including phenoxy) is 1. The normalized spacial score (nSPS) is 17.1. The molecule has 17 heavy (non-hydrogen) atoms. The lowest BCUT2D eigenvalue weighted by atomic mass is 9.91. The molecule has 1 saturated heterocycles. The van der Waals surface area contributed by atoms with Gasteiger partial charge in [-0.15, -0.1) is 12.4 Å². The second-order valence-electron chi connectivity index (χ2n) is 3.97. The van der Waals surface area contributed by atoms with Crippen LogP contribution in [-0.4, -0.2) is 19.7 Å². The Bertz CT molecular complexity index is 372. The minimum atomic E-state index is -0.379. The van der Waals surface area contributed by atoms with Crippen molar-refractivity contribution in [3.05, 3.63) is 34.6 Å². The van der Waals surface area contributed by atoms with E-state index in [-0.39, 0.29) is 29.4 Å². The second-order valence-corrected chi connectivity index (χ2v) is 4.38. The molecule has 1 atom stereocenters. The van der Waals surface area contributed by atoms with Gasteiger partial charge in [0.05, 0.1) is 11.1 Å². The monoisotopic (exact) mass is 279 g/mol. The molecule has 0 saturated carbocycles. The molecule has 96 valence electrons. The third-order valence-electron chi connectivity index (χ3n) is 2.86. The fraction of sp³-hybridized carbons (Fsp3) is 0.500. The Morgan fingerprint density at radius 1 is 1.53 bits per heavy atom. The van der Waals surface area contributed by atoms with E-state index in [9.17, 15) is 4.39 Å². The van der Waals surface area contributed by atoms with Crippen molar-refractivity contribution in [2.24, 2.45) is 5.92 Å². The van der Waals surface area contributed by atoms with Gasteiger partial charge in [-0.1, -0.05) is 17.7 Å². The highest BCUT2D eigenvalue weighted by Crippen LogP contribution is 2.30. The molecule has 1 aliphatic rings. The molecule has 2 rings (SSSR count). The summed E-state index contributed by atoms with van der Waals surface area (Å²) in [5.41, 5.74) is 0.871. The quantitative estimate of drug-likeness (QED) is 0.914. The van der Waals surface area contributed by atoms with Gasteiger partial charge in [-0.3, -0.25) is 0 Å². The number of benzene rings is 1. The molecule has 1 aromatic carbocycles. The fourth-order valence-electron chi connectivity index (χ4n) is 1.90. The van der Waals surface area contributed by atoms with Crippen molar-refractivity contribution in [1.29, 1.82) is 0 Å². The van der Waals surface area contributed by atoms with Gasteiger partial charge in [0, 0.05) is 25.6 Å². The van der Waals surface area contributed by atoms with E-state index in [2.05, 4.69) is 5.32 Å². The van der Waals surface area contributed by atoms with Crippen LogP contribution in [0.1, 0.15) is 18.6 Å². The molecule has 0 radical (unpaired) electrons. The lowest BCUT2D eigenvalue weighted by Crippen LogP contribution is -2.46. The standard InChI is InChI=1S/C12H15ClFNO.ClH/c1-2-16-12(9-6-15-7-9)8-3-4-10(13)11(14)5-8;/h3-5,9,12,15H,2,6-7H2,1H3;1H. The molecule has 0 spiro atoms. The summed E-state index contributed by atoms with van der Waals surface area (Å²) in [5.74, 6) is 0.0525. The van der Waals surface area contributed by atoms with Crippen LogP contribution in [0.5, 0.6) is 0 Å². The molecule has 1 aliphatic heterocycles. The smallest absolute Gasteiger partial charge is 0.142 e. The minimum Gasteiger partial charge on any atom is -0.373 e. The van der Waals surface area contributed by atoms with Crippen LogP contribution in [0.25, 0.3) is 0 Å². The summed E-state index contributed by atoms with van der Waals surface area (Å²) in [4.78, 5) is 0. The maximum atomic E-state index is 13.4. The van der Waals surface area contributed by atoms with E-state index >= 15 is 0 Å². The summed E-state index contributed by atoms with van der Waals surface area (Å²) in [6, 6.07) is 4.90. The largest absolute Gasteiger partial charge is 0.373 e. The summed E-state index contributed by atoms with van der Waals surface area (Å²) in [6.45, 7) is 4.43. The van der Waals surface area contributed by atoms with E-state index in [4.69, 9.17) is 16.3 Å². The predicted molar refractivity (Wildman–Crippen MR) is 69.4 cm³/mol. The lowest BCUT2D eigenvalue weighted by Gasteiger charge is -2.34. The molecule has 0 bridgehead atoms. The zero-order valence-corrected chi connectivity index (χ0v) is 11.2. The highest BCUT2D eigenvalue weighted by Gasteiger charge is 2.29. The highest BCUT2D eigenvalue weighted by molar-refractivity contribution is 6.30. The Morgan fingerprint density at radius 2 is 2.24 bits per heavy atom. The Labute approximate surface area is 112 Å². The summed E-state index contributed by atoms with van der Waals surface area (Å²) in [7, 11) is 0. The van der Waals surface area contributed by atoms with Gasteiger partial charge in [0.1, 0.15) is 5.82 Å². The zero-order valence-electron chi connectivity index (χ0n) is 9.58. The number of hydrogen-bond donors (Lipinski definition) is 1. The van der Waals surface area contributed by atoms with E-state index in [1.807, 2.05) is 13.0 Å². The molecule has 0 aliphatic carbocycles. The zero-order chi connectivity index (χ0) is 11.5. The Kier molecular flexibility index (Phi) is 5.67. The Morgan fingerprint density at radius 3 is 2.71 bits per heavy atom. The molecular formula is C12H16Cl2FNO. The van der Waals surface area contributed by atoms with Crippen LogP contribution in [-0.2, 0) is 4.74 Å². The van der Waals surface area contributed by atoms with Gasteiger partial charge in [0.15, 0.2) is 0 Å². The first-order chi connectivity index (χ1) is 7.72. The molecule has 2 nitrogen and oxygen atoms in total. The molecule has 0 aromatic heterocycles. The third kappa shape index (κ3) is 3.32. The van der Waals surface area contributed by atoms with Crippen molar-refractivity contribution in [3.8, 4) is 0 Å². The van der Waals surface area contributed by atoms with Gasteiger partial charge in [0.2, 0.25) is 0 Å². The van der Waals surface area contributed by atoms with E-state index < -0.39 is 0 Å². The number of hydrogen-bond acceptors (Lipinski definition) is 2. The maximum absolute atomic E-state index is 13.4. The summed E-state index contributed by atoms with van der Waals surface area (Å²) in [5, 5.41) is 3.35. The number of halogens is 3. The first-order valence-corrected chi connectivity index (χ1v) is 5.87. The average Bonchev–Trinajstić information content (AvgIpc) is 2.19. The molecule has 1 N–H and O–H groups in total. The molecule has 1 aromatic rings. The molecule has 0 amide bonds. The maximum Gasteiger partial charge on any atom is 0.142 e. The second kappa shape index (κ2) is 6.55. The first kappa shape index (κ1) is 14.7. The molecule has 1 heterocycles. The topological polar surface area (TPSA) is 21.3 Å². The van der Waals surface area contributed by atoms with Gasteiger partial charge in [0.25, 0.3) is 0 Å². The summed E-state index contributed by atoms with van der Waals surface area (Å²) < 4.78 is 19.0. The van der Waals surface area contributed by atoms with Crippen molar-refractivity contribution in [3.63, 3.8) is 0 Å². The van der Waals surface area contributed by atoms with Crippen LogP contribution in [0.15, 0.2) is 18.2 Å². The fourth-order valence-corrected chi connectivity index (χ4v) is 2.02. The van der Waals surface area contributed by atoms with Crippen LogP contribution in [0.4, 0.5) is 4.39 Å². The van der Waals surface area contributed by atoms with Crippen LogP contribution in [0.2, 0.25) is 5.02 Å². The van der Waals surface area contributed by atoms with Gasteiger partial charge < -0.3 is 10.1 Å². The van der Waals surface area contributed by atoms with Crippen molar-refractivity contribution in [2.75, 3.05) is 19.7 Å². The van der Waals surface area contributed by atoms with Gasteiger partial charge in [-0.2, -0.15) is 0 Å². The third-order valence-corrected chi connectivity index (χ3v) is 3.17. The minimum absolute atomic E-state index is 0. The highest BCUT2D eigenvalue weighted by atomic mass is 35.5. The van der Waals surface area contributed by atoms with E-state index in [1.165, 1.54) is 6.07 Å². The SMILES string of the molecule is CCOC(c1ccc(Cl)c(F)c1)C1CNC1.Cl. The van der Waals surface area contributed by atoms with Gasteiger partial charge in [-0.25, -0.2) is 4.39 Å². The predicted octanol–water partition coefficient (Wildman–Crippen LogP) is 3.20. The lowest BCUT2D eigenvalue weighted by molar-refractivity contribution is 0.000263. The first-order valence-electron chi connectivity index (χ1n) is 5.49. The van der Waals surface area contributed by atoms with E-state index in [1.54, 1.807) is 6.07 Å². The van der Waals surface area contributed by atoms with Gasteiger partial charge in [-0.05, 0) is 24.6 Å². The molecular weight excluding hydrogens is 264 g/mol. The Balaban J connectivity index is 0.00000144. The van der Waals surface area contributed by atoms with E-state index in [0.717, 1.165) is 18.7 Å². The average molecular weight is 280 g/mol. The molecule has 1 fully saturated rings. The van der Waals surface area contributed by atoms with Crippen molar-refractivity contribution in [2.45, 2.75) is 13.0 Å². The number of nitrogens with one attached hydrogen (secondary N) is 1. The van der Waals surface area contributed by atoms with Gasteiger partial charge >= 0.3 is 0 Å². The van der Waals surface area contributed by atoms with Crippen molar-refractivity contribution in [1.82, 2.24) is 5.32 Å². The molecule has 5 heteroatoms. The van der Waals surface area contributed by atoms with Crippen LogP contribution >= 0.6 is 24.0 Å². The van der Waals surface area contributed by atoms with Crippen LogP contribution < -0.4 is 5.32 Å². The van der Waals surface area contributed by atoms with Crippen LogP contribution in [0, 0.1) is 11.7 Å². The summed E-state index contributed by atoms with van der Waals surface area (Å²) >= 11 is 5.66. The van der Waals surface area contributed by atoms with Crippen LogP contribution in [0.3, 0.4) is 0 Å². The van der Waals surface area contributed by atoms with Crippen molar-refractivity contribution < 1.29 is 9.13 Å². The van der Waals surface area contributed by atoms with Crippen molar-refractivity contribution >= 4 is 24.0 Å².